The zero-order chi connectivity index (χ0) is 57.6. The lowest BCUT2D eigenvalue weighted by molar-refractivity contribution is -0.870. The van der Waals surface area contributed by atoms with E-state index in [1.54, 1.807) is 0 Å². The first kappa shape index (κ1) is 76.5. The minimum atomic E-state index is -1.62. The number of carboxylic acids is 1. The van der Waals surface area contributed by atoms with Gasteiger partial charge in [0.1, 0.15) is 13.2 Å². The fraction of sp³-hybridized carbons (Fsp3) is 0.871. The Bertz CT molecular complexity index is 1390. The second-order valence-electron chi connectivity index (χ2n) is 24.5. The van der Waals surface area contributed by atoms with Crippen molar-refractivity contribution in [3.63, 3.8) is 0 Å². The third-order valence-electron chi connectivity index (χ3n) is 15.4. The summed E-state index contributed by atoms with van der Waals surface area (Å²) in [5.41, 5.74) is 0. The van der Waals surface area contributed by atoms with Crippen LogP contribution in [0.15, 0.2) is 36.5 Å². The van der Waals surface area contributed by atoms with Crippen LogP contribution in [0.2, 0.25) is 0 Å². The van der Waals surface area contributed by atoms with Gasteiger partial charge >= 0.3 is 11.9 Å². The summed E-state index contributed by atoms with van der Waals surface area (Å²) < 4.78 is 22.7. The molecule has 0 rings (SSSR count). The van der Waals surface area contributed by atoms with E-state index in [0.29, 0.717) is 11.0 Å². The van der Waals surface area contributed by atoms with E-state index in [9.17, 15) is 19.5 Å². The molecule has 2 unspecified atom stereocenters. The molecule has 0 saturated carbocycles. The molecule has 0 aliphatic carbocycles. The van der Waals surface area contributed by atoms with Gasteiger partial charge in [0, 0.05) is 12.8 Å². The van der Waals surface area contributed by atoms with Gasteiger partial charge in [0.05, 0.1) is 40.3 Å². The van der Waals surface area contributed by atoms with E-state index in [4.69, 9.17) is 18.9 Å². The summed E-state index contributed by atoms with van der Waals surface area (Å²) in [4.78, 5) is 37.3. The highest BCUT2D eigenvalue weighted by molar-refractivity contribution is 5.70. The molecular formula is C70H131NO8. The average molecular weight is 1110 g/mol. The molecule has 0 saturated heterocycles. The Labute approximate surface area is 490 Å². The van der Waals surface area contributed by atoms with Gasteiger partial charge in [-0.05, 0) is 70.6 Å². The smallest absolute Gasteiger partial charge is 0.306 e. The molecule has 0 bridgehead atoms. The zero-order valence-corrected chi connectivity index (χ0v) is 53.0. The quantitative estimate of drug-likeness (QED) is 0.0195. The van der Waals surface area contributed by atoms with Crippen molar-refractivity contribution in [1.82, 2.24) is 0 Å². The van der Waals surface area contributed by atoms with Gasteiger partial charge in [-0.1, -0.05) is 288 Å². The van der Waals surface area contributed by atoms with E-state index in [0.717, 1.165) is 64.2 Å². The minimum absolute atomic E-state index is 0.149. The molecule has 0 spiro atoms. The molecule has 79 heavy (non-hydrogen) atoms. The van der Waals surface area contributed by atoms with Crippen molar-refractivity contribution >= 4 is 17.9 Å². The fourth-order valence-corrected chi connectivity index (χ4v) is 10.1. The Kier molecular flexibility index (Phi) is 59.6. The summed E-state index contributed by atoms with van der Waals surface area (Å²) in [6.45, 7) is 4.75. The number of carbonyl (C=O) groups is 3. The van der Waals surface area contributed by atoms with Gasteiger partial charge < -0.3 is 33.3 Å². The standard InChI is InChI=1S/C70H131NO8/c1-6-8-10-12-14-16-18-20-21-22-23-24-25-26-27-28-29-30-31-32-33-34-35-36-37-38-39-40-41-42-43-44-45-46-47-49-51-53-55-57-59-61-68(73)79-66(65-78-70(69(74)75)76-63-62-71(3,4)5)64-77-67(72)60-58-56-54-52-50-48-19-17-15-13-11-9-7-2/h17-20,22-23,66,70H,6-16,21,24-65H2,1-5H3/b19-17-,20-18-,23-22-. The van der Waals surface area contributed by atoms with Crippen molar-refractivity contribution in [2.75, 3.05) is 47.5 Å². The summed E-state index contributed by atoms with van der Waals surface area (Å²) in [7, 11) is 5.93. The van der Waals surface area contributed by atoms with Crippen LogP contribution in [-0.2, 0) is 33.3 Å². The highest BCUT2D eigenvalue weighted by Crippen LogP contribution is 2.18. The van der Waals surface area contributed by atoms with Crippen molar-refractivity contribution in [2.24, 2.45) is 0 Å². The number of carboxylic acid groups (broad SMARTS) is 1. The highest BCUT2D eigenvalue weighted by Gasteiger charge is 2.22. The number of nitrogens with zero attached hydrogens (tertiary/aromatic N) is 1. The monoisotopic (exact) mass is 1110 g/mol. The summed E-state index contributed by atoms with van der Waals surface area (Å²) in [5, 5.41) is 11.8. The van der Waals surface area contributed by atoms with Gasteiger partial charge in [0.2, 0.25) is 0 Å². The second kappa shape index (κ2) is 61.6. The molecule has 464 valence electrons. The van der Waals surface area contributed by atoms with Crippen LogP contribution in [0.3, 0.4) is 0 Å². The van der Waals surface area contributed by atoms with Crippen LogP contribution in [0.1, 0.15) is 335 Å². The van der Waals surface area contributed by atoms with E-state index in [1.165, 1.54) is 244 Å². The highest BCUT2D eigenvalue weighted by atomic mass is 16.7. The van der Waals surface area contributed by atoms with Crippen molar-refractivity contribution in [3.8, 4) is 0 Å². The van der Waals surface area contributed by atoms with Crippen molar-refractivity contribution in [2.45, 2.75) is 347 Å². The first-order chi connectivity index (χ1) is 38.6. The molecule has 0 aromatic heterocycles. The number of ether oxygens (including phenoxy) is 4. The number of rotatable bonds is 64. The number of hydrogen-bond donors (Lipinski definition) is 0. The third kappa shape index (κ3) is 63.0. The predicted octanol–water partition coefficient (Wildman–Crippen LogP) is 19.5. The molecule has 0 heterocycles. The van der Waals surface area contributed by atoms with E-state index in [1.807, 2.05) is 21.1 Å². The van der Waals surface area contributed by atoms with Crippen molar-refractivity contribution in [3.05, 3.63) is 36.5 Å². The van der Waals surface area contributed by atoms with Gasteiger partial charge in [-0.2, -0.15) is 0 Å². The molecule has 9 nitrogen and oxygen atoms in total. The Morgan fingerprint density at radius 1 is 0.380 bits per heavy atom. The van der Waals surface area contributed by atoms with Crippen molar-refractivity contribution in [1.29, 1.82) is 0 Å². The number of allylic oxidation sites excluding steroid dienone is 6. The molecule has 0 aromatic rings. The van der Waals surface area contributed by atoms with Crippen LogP contribution in [0, 0.1) is 0 Å². The number of carbonyl (C=O) groups excluding carboxylic acids is 3. The summed E-state index contributed by atoms with van der Waals surface area (Å²) in [6.07, 6.45) is 74.0. The molecule has 0 fully saturated rings. The molecule has 0 aromatic carbocycles. The maximum atomic E-state index is 12.9. The summed E-state index contributed by atoms with van der Waals surface area (Å²) in [6, 6.07) is 0. The molecule has 0 radical (unpaired) electrons. The van der Waals surface area contributed by atoms with Gasteiger partial charge in [0.25, 0.3) is 0 Å². The average Bonchev–Trinajstić information content (AvgIpc) is 3.42. The molecule has 2 atom stereocenters. The first-order valence-corrected chi connectivity index (χ1v) is 34.1. The topological polar surface area (TPSA) is 111 Å². The Hall–Kier alpha value is -2.49. The lowest BCUT2D eigenvalue weighted by Gasteiger charge is -2.26. The lowest BCUT2D eigenvalue weighted by atomic mass is 10.0. The Morgan fingerprint density at radius 3 is 1.03 bits per heavy atom. The summed E-state index contributed by atoms with van der Waals surface area (Å²) in [5.74, 6) is -2.27. The van der Waals surface area contributed by atoms with E-state index in [-0.39, 0.29) is 38.6 Å². The molecule has 0 aliphatic heterocycles. The number of unbranched alkanes of at least 4 members (excludes halogenated alkanes) is 43. The number of aliphatic carboxylic acids is 1. The van der Waals surface area contributed by atoms with Crippen LogP contribution in [0.25, 0.3) is 0 Å². The fourth-order valence-electron chi connectivity index (χ4n) is 10.1. The van der Waals surface area contributed by atoms with Gasteiger partial charge in [-0.25, -0.2) is 0 Å². The van der Waals surface area contributed by atoms with Crippen LogP contribution >= 0.6 is 0 Å². The van der Waals surface area contributed by atoms with Crippen LogP contribution < -0.4 is 5.11 Å². The Morgan fingerprint density at radius 2 is 0.684 bits per heavy atom. The van der Waals surface area contributed by atoms with E-state index < -0.39 is 24.3 Å². The molecule has 0 N–H and O–H groups in total. The molecule has 9 heteroatoms. The Balaban J connectivity index is 3.87. The normalized spacial score (nSPS) is 12.9. The largest absolute Gasteiger partial charge is 0.545 e. The molecule has 0 aliphatic rings. The van der Waals surface area contributed by atoms with Crippen molar-refractivity contribution < 1.29 is 42.9 Å². The number of hydrogen-bond acceptors (Lipinski definition) is 8. The second-order valence-corrected chi connectivity index (χ2v) is 24.5. The van der Waals surface area contributed by atoms with Crippen LogP contribution in [0.4, 0.5) is 0 Å². The van der Waals surface area contributed by atoms with Crippen LogP contribution in [0.5, 0.6) is 0 Å². The molecule has 0 amide bonds. The maximum Gasteiger partial charge on any atom is 0.306 e. The predicted molar refractivity (Wildman–Crippen MR) is 334 cm³/mol. The number of likely N-dealkylation sites (N-methyl/N-ethyl adjacent to an activating group) is 1. The number of esters is 2. The first-order valence-electron chi connectivity index (χ1n) is 34.1. The third-order valence-corrected chi connectivity index (χ3v) is 15.4. The maximum absolute atomic E-state index is 12.9. The lowest BCUT2D eigenvalue weighted by Crippen LogP contribution is -2.44. The van der Waals surface area contributed by atoms with Gasteiger partial charge in [-0.15, -0.1) is 0 Å². The molecular weight excluding hydrogens is 983 g/mol. The van der Waals surface area contributed by atoms with E-state index in [2.05, 4.69) is 50.3 Å². The summed E-state index contributed by atoms with van der Waals surface area (Å²) >= 11 is 0. The van der Waals surface area contributed by atoms with Gasteiger partial charge in [-0.3, -0.25) is 9.59 Å². The minimum Gasteiger partial charge on any atom is -0.545 e. The van der Waals surface area contributed by atoms with Gasteiger partial charge in [0.15, 0.2) is 12.4 Å². The zero-order valence-electron chi connectivity index (χ0n) is 53.0. The van der Waals surface area contributed by atoms with Crippen LogP contribution in [-0.4, -0.2) is 82.3 Å². The number of quaternary nitrogens is 1. The SMILES string of the molecule is CCCCCC/C=C\CCCCCCCC(=O)OCC(COC(OCC[N+](C)(C)C)C(=O)[O-])OC(=O)CCCCCCCCCCCCCCCCCCCCCCCCCCCCCCC/C=C\C/C=C\CCCCCCC. The van der Waals surface area contributed by atoms with E-state index >= 15 is 0 Å².